The van der Waals surface area contributed by atoms with Crippen LogP contribution in [0.2, 0.25) is 0 Å². The number of hydrogen-bond acceptors (Lipinski definition) is 3. The number of likely N-dealkylation sites (tertiary alicyclic amines) is 1. The molecule has 1 aromatic rings. The van der Waals surface area contributed by atoms with E-state index in [-0.39, 0.29) is 0 Å². The molecule has 18 heavy (non-hydrogen) atoms. The number of rotatable bonds is 3. The predicted molar refractivity (Wildman–Crippen MR) is 78.4 cm³/mol. The Morgan fingerprint density at radius 1 is 1.17 bits per heavy atom. The first-order valence-electron chi connectivity index (χ1n) is 6.86. The molecule has 1 atom stereocenters. The van der Waals surface area contributed by atoms with Crippen molar-refractivity contribution in [2.24, 2.45) is 5.73 Å². The summed E-state index contributed by atoms with van der Waals surface area (Å²) in [7, 11) is 0. The summed E-state index contributed by atoms with van der Waals surface area (Å²) in [6.45, 7) is 2.99. The van der Waals surface area contributed by atoms with Crippen molar-refractivity contribution in [1.29, 1.82) is 0 Å². The van der Waals surface area contributed by atoms with Crippen LogP contribution in [0, 0.1) is 0 Å². The molecule has 2 heterocycles. The van der Waals surface area contributed by atoms with Gasteiger partial charge in [0.25, 0.3) is 0 Å². The van der Waals surface area contributed by atoms with E-state index in [1.807, 2.05) is 12.4 Å². The number of nitrogens with two attached hydrogens (primary N) is 1. The molecule has 0 amide bonds. The quantitative estimate of drug-likeness (QED) is 0.932. The monoisotopic (exact) mass is 311 g/mol. The number of nitrogens with zero attached hydrogens (tertiary/aromatic N) is 2. The number of aromatic nitrogens is 1. The Morgan fingerprint density at radius 3 is 2.44 bits per heavy atom. The maximum Gasteiger partial charge on any atom is 0.0486 e. The topological polar surface area (TPSA) is 42.1 Å². The van der Waals surface area contributed by atoms with Crippen LogP contribution in [0.3, 0.4) is 0 Å². The molecule has 1 aromatic heterocycles. The van der Waals surface area contributed by atoms with Crippen molar-refractivity contribution < 1.29 is 0 Å². The van der Waals surface area contributed by atoms with Crippen molar-refractivity contribution in [1.82, 2.24) is 9.88 Å². The maximum atomic E-state index is 5.99. The molecule has 0 spiro atoms. The summed E-state index contributed by atoms with van der Waals surface area (Å²) < 4.78 is 1.03. The van der Waals surface area contributed by atoms with Crippen molar-refractivity contribution in [3.8, 4) is 0 Å². The smallest absolute Gasteiger partial charge is 0.0486 e. The van der Waals surface area contributed by atoms with E-state index in [2.05, 4.69) is 31.9 Å². The van der Waals surface area contributed by atoms with Crippen LogP contribution < -0.4 is 5.73 Å². The zero-order valence-corrected chi connectivity index (χ0v) is 12.4. The maximum absolute atomic E-state index is 5.99. The minimum absolute atomic E-state index is 0.313. The van der Waals surface area contributed by atoms with E-state index in [4.69, 9.17) is 5.73 Å². The van der Waals surface area contributed by atoms with Crippen LogP contribution in [0.1, 0.15) is 43.7 Å². The highest BCUT2D eigenvalue weighted by molar-refractivity contribution is 9.10. The van der Waals surface area contributed by atoms with Crippen molar-refractivity contribution in [3.05, 3.63) is 28.5 Å². The van der Waals surface area contributed by atoms with E-state index >= 15 is 0 Å². The van der Waals surface area contributed by atoms with E-state index in [9.17, 15) is 0 Å². The number of hydrogen-bond donors (Lipinski definition) is 1. The molecule has 1 saturated heterocycles. The molecule has 0 saturated carbocycles. The molecule has 3 nitrogen and oxygen atoms in total. The molecule has 2 N–H and O–H groups in total. The lowest BCUT2D eigenvalue weighted by Gasteiger charge is -2.32. The van der Waals surface area contributed by atoms with Crippen LogP contribution in [0.5, 0.6) is 0 Å². The Morgan fingerprint density at radius 2 is 1.83 bits per heavy atom. The van der Waals surface area contributed by atoms with Gasteiger partial charge in [-0.25, -0.2) is 0 Å². The van der Waals surface area contributed by atoms with Crippen LogP contribution >= 0.6 is 15.9 Å². The van der Waals surface area contributed by atoms with Gasteiger partial charge in [-0.2, -0.15) is 0 Å². The molecule has 2 rings (SSSR count). The average molecular weight is 312 g/mol. The SMILES string of the molecule is NCC(c1cncc(Br)c1)N1CCCCCCC1. The van der Waals surface area contributed by atoms with Crippen LogP contribution in [0.25, 0.3) is 0 Å². The summed E-state index contributed by atoms with van der Waals surface area (Å²) in [5, 5.41) is 0. The lowest BCUT2D eigenvalue weighted by atomic mass is 10.0. The molecule has 4 heteroatoms. The molecule has 1 unspecified atom stereocenters. The van der Waals surface area contributed by atoms with E-state index in [1.165, 1.54) is 37.7 Å². The van der Waals surface area contributed by atoms with Gasteiger partial charge < -0.3 is 5.73 Å². The molecule has 1 aliphatic heterocycles. The Hall–Kier alpha value is -0.450. The zero-order valence-electron chi connectivity index (χ0n) is 10.8. The Kier molecular flexibility index (Phi) is 5.60. The summed E-state index contributed by atoms with van der Waals surface area (Å²) in [6, 6.07) is 2.46. The summed E-state index contributed by atoms with van der Waals surface area (Å²) in [6.07, 6.45) is 10.4. The largest absolute Gasteiger partial charge is 0.329 e. The Labute approximate surface area is 118 Å². The number of halogens is 1. The number of pyridine rings is 1. The van der Waals surface area contributed by atoms with Crippen molar-refractivity contribution in [2.75, 3.05) is 19.6 Å². The van der Waals surface area contributed by atoms with Gasteiger partial charge in [0.15, 0.2) is 0 Å². The first-order valence-corrected chi connectivity index (χ1v) is 7.65. The van der Waals surface area contributed by atoms with Crippen LogP contribution in [-0.2, 0) is 0 Å². The second-order valence-corrected chi connectivity index (χ2v) is 5.91. The fourth-order valence-corrected chi connectivity index (χ4v) is 3.07. The molecule has 0 bridgehead atoms. The van der Waals surface area contributed by atoms with Gasteiger partial charge in [0.1, 0.15) is 0 Å². The van der Waals surface area contributed by atoms with Gasteiger partial charge >= 0.3 is 0 Å². The van der Waals surface area contributed by atoms with Gasteiger partial charge in [-0.3, -0.25) is 9.88 Å². The van der Waals surface area contributed by atoms with E-state index in [1.54, 1.807) is 0 Å². The van der Waals surface area contributed by atoms with Gasteiger partial charge in [0, 0.05) is 29.5 Å². The van der Waals surface area contributed by atoms with Crippen molar-refractivity contribution in [2.45, 2.75) is 38.1 Å². The standard InChI is InChI=1S/C14H22BrN3/c15-13-8-12(10-17-11-13)14(9-16)18-6-4-2-1-3-5-7-18/h8,10-11,14H,1-7,9,16H2. The lowest BCUT2D eigenvalue weighted by Crippen LogP contribution is -2.36. The lowest BCUT2D eigenvalue weighted by molar-refractivity contribution is 0.183. The zero-order chi connectivity index (χ0) is 12.8. The van der Waals surface area contributed by atoms with Crippen molar-refractivity contribution in [3.63, 3.8) is 0 Å². The van der Waals surface area contributed by atoms with Gasteiger partial charge in [-0.15, -0.1) is 0 Å². The molecule has 1 aliphatic rings. The fourth-order valence-electron chi connectivity index (χ4n) is 2.69. The first kappa shape index (κ1) is 14.0. The third-order valence-electron chi connectivity index (χ3n) is 3.67. The highest BCUT2D eigenvalue weighted by atomic mass is 79.9. The summed E-state index contributed by atoms with van der Waals surface area (Å²) in [4.78, 5) is 6.79. The highest BCUT2D eigenvalue weighted by Gasteiger charge is 2.19. The molecular formula is C14H22BrN3. The Balaban J connectivity index is 2.10. The van der Waals surface area contributed by atoms with Gasteiger partial charge in [-0.05, 0) is 53.5 Å². The highest BCUT2D eigenvalue weighted by Crippen LogP contribution is 2.24. The van der Waals surface area contributed by atoms with Crippen LogP contribution in [-0.4, -0.2) is 29.5 Å². The minimum Gasteiger partial charge on any atom is -0.329 e. The van der Waals surface area contributed by atoms with Gasteiger partial charge in [0.05, 0.1) is 0 Å². The second kappa shape index (κ2) is 7.22. The fraction of sp³-hybridized carbons (Fsp3) is 0.643. The van der Waals surface area contributed by atoms with E-state index < -0.39 is 0 Å². The van der Waals surface area contributed by atoms with Crippen LogP contribution in [0.4, 0.5) is 0 Å². The predicted octanol–water partition coefficient (Wildman–Crippen LogP) is 3.11. The minimum atomic E-state index is 0.313. The van der Waals surface area contributed by atoms with Crippen molar-refractivity contribution >= 4 is 15.9 Å². The molecule has 100 valence electrons. The second-order valence-electron chi connectivity index (χ2n) is 4.99. The molecule has 0 aromatic carbocycles. The third kappa shape index (κ3) is 3.77. The summed E-state index contributed by atoms with van der Waals surface area (Å²) in [5.74, 6) is 0. The van der Waals surface area contributed by atoms with Gasteiger partial charge in [0.2, 0.25) is 0 Å². The molecule has 1 fully saturated rings. The normalized spacial score (nSPS) is 20.1. The van der Waals surface area contributed by atoms with Crippen LogP contribution in [0.15, 0.2) is 22.9 Å². The molecule has 0 aliphatic carbocycles. The summed E-state index contributed by atoms with van der Waals surface area (Å²) >= 11 is 3.49. The molecule has 0 radical (unpaired) electrons. The van der Waals surface area contributed by atoms with E-state index in [0.29, 0.717) is 12.6 Å². The summed E-state index contributed by atoms with van der Waals surface area (Å²) in [5.41, 5.74) is 7.22. The van der Waals surface area contributed by atoms with E-state index in [0.717, 1.165) is 17.6 Å². The average Bonchev–Trinajstić information content (AvgIpc) is 2.32. The first-order chi connectivity index (χ1) is 8.81. The van der Waals surface area contributed by atoms with Gasteiger partial charge in [-0.1, -0.05) is 19.3 Å². The molecular weight excluding hydrogens is 290 g/mol. The third-order valence-corrected chi connectivity index (χ3v) is 4.10. The Bertz CT molecular complexity index is 362.